The maximum atomic E-state index is 11.0. The molecule has 0 saturated carbocycles. The first-order valence-electron chi connectivity index (χ1n) is 4.65. The van der Waals surface area contributed by atoms with Crippen LogP contribution >= 0.6 is 0 Å². The standard InChI is InChI=1S/C11H15N3O/c1-14(11(13)15)10-7-3-2-5-9(10)6-4-8-12/h2-7H,8,12H2,1H3,(H2,13,15)/b6-4+. The van der Waals surface area contributed by atoms with Crippen LogP contribution in [0.5, 0.6) is 0 Å². The van der Waals surface area contributed by atoms with Gasteiger partial charge >= 0.3 is 6.03 Å². The van der Waals surface area contributed by atoms with Gasteiger partial charge in [-0.1, -0.05) is 30.4 Å². The number of carbonyl (C=O) groups is 1. The van der Waals surface area contributed by atoms with Gasteiger partial charge in [-0.05, 0) is 11.6 Å². The minimum atomic E-state index is -0.483. The lowest BCUT2D eigenvalue weighted by atomic mass is 10.1. The van der Waals surface area contributed by atoms with Gasteiger partial charge in [-0.15, -0.1) is 0 Å². The molecule has 0 bridgehead atoms. The van der Waals surface area contributed by atoms with Gasteiger partial charge in [0.05, 0.1) is 5.69 Å². The summed E-state index contributed by atoms with van der Waals surface area (Å²) in [5.41, 5.74) is 12.3. The highest BCUT2D eigenvalue weighted by Crippen LogP contribution is 2.20. The van der Waals surface area contributed by atoms with Gasteiger partial charge in [0.2, 0.25) is 0 Å². The third-order valence-electron chi connectivity index (χ3n) is 2.06. The van der Waals surface area contributed by atoms with Gasteiger partial charge in [-0.3, -0.25) is 4.90 Å². The number of urea groups is 1. The van der Waals surface area contributed by atoms with Gasteiger partial charge in [0, 0.05) is 13.6 Å². The Hall–Kier alpha value is -1.81. The molecule has 4 nitrogen and oxygen atoms in total. The fourth-order valence-electron chi connectivity index (χ4n) is 1.25. The summed E-state index contributed by atoms with van der Waals surface area (Å²) in [7, 11) is 1.64. The SMILES string of the molecule is CN(C(N)=O)c1ccccc1/C=C/CN. The van der Waals surface area contributed by atoms with E-state index in [0.29, 0.717) is 6.54 Å². The Morgan fingerprint density at radius 3 is 2.73 bits per heavy atom. The summed E-state index contributed by atoms with van der Waals surface area (Å²) >= 11 is 0. The predicted molar refractivity (Wildman–Crippen MR) is 62.5 cm³/mol. The van der Waals surface area contributed by atoms with Crippen molar-refractivity contribution in [3.63, 3.8) is 0 Å². The first-order valence-corrected chi connectivity index (χ1v) is 4.65. The molecular formula is C11H15N3O. The van der Waals surface area contributed by atoms with E-state index in [1.54, 1.807) is 7.05 Å². The minimum Gasteiger partial charge on any atom is -0.351 e. The Morgan fingerprint density at radius 2 is 2.13 bits per heavy atom. The Bertz CT molecular complexity index is 374. The lowest BCUT2D eigenvalue weighted by Crippen LogP contribution is -2.32. The zero-order valence-corrected chi connectivity index (χ0v) is 8.68. The first kappa shape index (κ1) is 11.3. The third-order valence-corrected chi connectivity index (χ3v) is 2.06. The maximum absolute atomic E-state index is 11.0. The normalized spacial score (nSPS) is 10.5. The summed E-state index contributed by atoms with van der Waals surface area (Å²) in [5.74, 6) is 0. The predicted octanol–water partition coefficient (Wildman–Crippen LogP) is 1.17. The topological polar surface area (TPSA) is 72.3 Å². The quantitative estimate of drug-likeness (QED) is 0.777. The smallest absolute Gasteiger partial charge is 0.319 e. The molecule has 0 saturated heterocycles. The van der Waals surface area contributed by atoms with Crippen molar-refractivity contribution in [1.29, 1.82) is 0 Å². The average Bonchev–Trinajstić information content (AvgIpc) is 2.25. The van der Waals surface area contributed by atoms with E-state index in [1.165, 1.54) is 4.90 Å². The van der Waals surface area contributed by atoms with Crippen LogP contribution in [-0.4, -0.2) is 19.6 Å². The molecule has 0 atom stereocenters. The molecule has 15 heavy (non-hydrogen) atoms. The molecule has 1 aromatic rings. The van der Waals surface area contributed by atoms with Crippen molar-refractivity contribution in [2.75, 3.05) is 18.5 Å². The summed E-state index contributed by atoms with van der Waals surface area (Å²) in [6, 6.07) is 7.01. The van der Waals surface area contributed by atoms with Gasteiger partial charge in [-0.25, -0.2) is 4.79 Å². The molecule has 0 aliphatic heterocycles. The Morgan fingerprint density at radius 1 is 1.47 bits per heavy atom. The fourth-order valence-corrected chi connectivity index (χ4v) is 1.25. The van der Waals surface area contributed by atoms with E-state index < -0.39 is 6.03 Å². The zero-order valence-electron chi connectivity index (χ0n) is 8.68. The number of rotatable bonds is 3. The molecule has 0 aliphatic rings. The third kappa shape index (κ3) is 2.82. The second-order valence-electron chi connectivity index (χ2n) is 3.09. The van der Waals surface area contributed by atoms with E-state index in [2.05, 4.69) is 0 Å². The van der Waals surface area contributed by atoms with Gasteiger partial charge in [-0.2, -0.15) is 0 Å². The summed E-state index contributed by atoms with van der Waals surface area (Å²) < 4.78 is 0. The van der Waals surface area contributed by atoms with Crippen LogP contribution in [0.4, 0.5) is 10.5 Å². The zero-order chi connectivity index (χ0) is 11.3. The molecule has 0 unspecified atom stereocenters. The highest BCUT2D eigenvalue weighted by Gasteiger charge is 2.08. The Balaban J connectivity index is 3.06. The lowest BCUT2D eigenvalue weighted by molar-refractivity contribution is 0.255. The van der Waals surface area contributed by atoms with Gasteiger partial charge in [0.25, 0.3) is 0 Å². The van der Waals surface area contributed by atoms with E-state index in [9.17, 15) is 4.79 Å². The Kier molecular flexibility index (Phi) is 3.88. The van der Waals surface area contributed by atoms with Crippen LogP contribution in [0.1, 0.15) is 5.56 Å². The van der Waals surface area contributed by atoms with Crippen molar-refractivity contribution in [3.05, 3.63) is 35.9 Å². The molecule has 0 aliphatic carbocycles. The van der Waals surface area contributed by atoms with Crippen LogP contribution in [0.15, 0.2) is 30.3 Å². The monoisotopic (exact) mass is 205 g/mol. The van der Waals surface area contributed by atoms with Crippen LogP contribution in [0.25, 0.3) is 6.08 Å². The molecule has 1 aromatic carbocycles. The molecule has 80 valence electrons. The summed E-state index contributed by atoms with van der Waals surface area (Å²) in [6.45, 7) is 0.467. The number of carbonyl (C=O) groups excluding carboxylic acids is 1. The van der Waals surface area contributed by atoms with Crippen molar-refractivity contribution in [1.82, 2.24) is 0 Å². The van der Waals surface area contributed by atoms with E-state index in [0.717, 1.165) is 11.3 Å². The van der Waals surface area contributed by atoms with Crippen molar-refractivity contribution < 1.29 is 4.79 Å². The number of hydrogen-bond donors (Lipinski definition) is 2. The van der Waals surface area contributed by atoms with Crippen LogP contribution in [0, 0.1) is 0 Å². The fraction of sp³-hybridized carbons (Fsp3) is 0.182. The molecule has 2 amide bonds. The second kappa shape index (κ2) is 5.17. The van der Waals surface area contributed by atoms with Gasteiger partial charge in [0.15, 0.2) is 0 Å². The number of hydrogen-bond acceptors (Lipinski definition) is 2. The molecule has 4 N–H and O–H groups in total. The Labute approximate surface area is 89.2 Å². The summed E-state index contributed by atoms with van der Waals surface area (Å²) in [6.07, 6.45) is 3.70. The molecule has 0 heterocycles. The molecular weight excluding hydrogens is 190 g/mol. The largest absolute Gasteiger partial charge is 0.351 e. The molecule has 4 heteroatoms. The molecule has 0 spiro atoms. The number of amides is 2. The summed E-state index contributed by atoms with van der Waals surface area (Å²) in [4.78, 5) is 12.4. The number of primary amides is 1. The van der Waals surface area contributed by atoms with Crippen molar-refractivity contribution in [3.8, 4) is 0 Å². The number of nitrogens with zero attached hydrogens (tertiary/aromatic N) is 1. The van der Waals surface area contributed by atoms with Crippen molar-refractivity contribution in [2.24, 2.45) is 11.5 Å². The van der Waals surface area contributed by atoms with Crippen LogP contribution in [0.2, 0.25) is 0 Å². The number of anilines is 1. The van der Waals surface area contributed by atoms with Crippen LogP contribution < -0.4 is 16.4 Å². The van der Waals surface area contributed by atoms with Crippen LogP contribution in [0.3, 0.4) is 0 Å². The molecule has 0 fully saturated rings. The van der Waals surface area contributed by atoms with E-state index in [4.69, 9.17) is 11.5 Å². The van der Waals surface area contributed by atoms with E-state index in [1.807, 2.05) is 36.4 Å². The lowest BCUT2D eigenvalue weighted by Gasteiger charge is -2.16. The molecule has 1 rings (SSSR count). The van der Waals surface area contributed by atoms with E-state index in [-0.39, 0.29) is 0 Å². The first-order chi connectivity index (χ1) is 7.16. The molecule has 0 radical (unpaired) electrons. The van der Waals surface area contributed by atoms with Gasteiger partial charge < -0.3 is 11.5 Å². The van der Waals surface area contributed by atoms with Gasteiger partial charge in [0.1, 0.15) is 0 Å². The highest BCUT2D eigenvalue weighted by molar-refractivity contribution is 5.92. The minimum absolute atomic E-state index is 0.467. The van der Waals surface area contributed by atoms with Crippen molar-refractivity contribution >= 4 is 17.8 Å². The van der Waals surface area contributed by atoms with Crippen molar-refractivity contribution in [2.45, 2.75) is 0 Å². The van der Waals surface area contributed by atoms with E-state index >= 15 is 0 Å². The maximum Gasteiger partial charge on any atom is 0.319 e. The number of nitrogens with two attached hydrogens (primary N) is 2. The average molecular weight is 205 g/mol. The van der Waals surface area contributed by atoms with Crippen LogP contribution in [-0.2, 0) is 0 Å². The summed E-state index contributed by atoms with van der Waals surface area (Å²) in [5, 5.41) is 0. The number of para-hydroxylation sites is 1. The highest BCUT2D eigenvalue weighted by atomic mass is 16.2. The second-order valence-corrected chi connectivity index (χ2v) is 3.09. The molecule has 0 aromatic heterocycles. The number of benzene rings is 1.